The summed E-state index contributed by atoms with van der Waals surface area (Å²) in [7, 11) is 0. The molecule has 0 radical (unpaired) electrons. The Labute approximate surface area is 91.0 Å². The Bertz CT molecular complexity index is 326. The van der Waals surface area contributed by atoms with Gasteiger partial charge >= 0.3 is 0 Å². The average molecular weight is 258 g/mol. The molecule has 2 N–H and O–H groups in total. The van der Waals surface area contributed by atoms with Gasteiger partial charge in [-0.3, -0.25) is 0 Å². The number of nitrogens with zero attached hydrogens (tertiary/aromatic N) is 2. The zero-order chi connectivity index (χ0) is 9.97. The van der Waals surface area contributed by atoms with Gasteiger partial charge in [-0.1, -0.05) is 0 Å². The fourth-order valence-electron chi connectivity index (χ4n) is 1.53. The summed E-state index contributed by atoms with van der Waals surface area (Å²) >= 11 is 3.26. The number of aromatic nitrogens is 2. The summed E-state index contributed by atoms with van der Waals surface area (Å²) in [5.41, 5.74) is 5.66. The van der Waals surface area contributed by atoms with Gasteiger partial charge in [0.25, 0.3) is 0 Å². The molecular weight excluding hydrogens is 246 g/mol. The smallest absolute Gasteiger partial charge is 0.141 e. The predicted octanol–water partition coefficient (Wildman–Crippen LogP) is 1.54. The number of anilines is 1. The van der Waals surface area contributed by atoms with Crippen LogP contribution in [0.1, 0.15) is 18.7 Å². The van der Waals surface area contributed by atoms with Crippen molar-refractivity contribution in [3.05, 3.63) is 16.5 Å². The van der Waals surface area contributed by atoms with E-state index in [-0.39, 0.29) is 6.10 Å². The molecule has 4 nitrogen and oxygen atoms in total. The van der Waals surface area contributed by atoms with E-state index in [1.54, 1.807) is 6.20 Å². The summed E-state index contributed by atoms with van der Waals surface area (Å²) in [6.07, 6.45) is 4.95. The second-order valence-corrected chi connectivity index (χ2v) is 4.21. The Morgan fingerprint density at radius 1 is 1.64 bits per heavy atom. The lowest BCUT2D eigenvalue weighted by atomic mass is 10.2. The quantitative estimate of drug-likeness (QED) is 0.874. The minimum atomic E-state index is 0.274. The van der Waals surface area contributed by atoms with Crippen LogP contribution in [0.3, 0.4) is 0 Å². The molecule has 2 rings (SSSR count). The molecule has 0 aliphatic carbocycles. The molecule has 0 amide bonds. The molecule has 0 bridgehead atoms. The van der Waals surface area contributed by atoms with Crippen molar-refractivity contribution in [3.8, 4) is 0 Å². The Morgan fingerprint density at radius 2 is 2.50 bits per heavy atom. The number of ether oxygens (including phenoxy) is 1. The van der Waals surface area contributed by atoms with E-state index < -0.39 is 0 Å². The SMILES string of the molecule is Nc1nc(CC2CCCO2)ncc1Br. The van der Waals surface area contributed by atoms with Crippen molar-refractivity contribution >= 4 is 21.7 Å². The monoisotopic (exact) mass is 257 g/mol. The van der Waals surface area contributed by atoms with Crippen LogP contribution in [0, 0.1) is 0 Å². The van der Waals surface area contributed by atoms with Gasteiger partial charge < -0.3 is 10.5 Å². The summed E-state index contributed by atoms with van der Waals surface area (Å²) in [4.78, 5) is 8.36. The van der Waals surface area contributed by atoms with E-state index in [0.29, 0.717) is 5.82 Å². The summed E-state index contributed by atoms with van der Waals surface area (Å²) in [5.74, 6) is 1.26. The lowest BCUT2D eigenvalue weighted by molar-refractivity contribution is 0.110. The van der Waals surface area contributed by atoms with Gasteiger partial charge in [0.1, 0.15) is 11.6 Å². The molecule has 1 aromatic rings. The molecule has 5 heteroatoms. The third kappa shape index (κ3) is 2.22. The highest BCUT2D eigenvalue weighted by atomic mass is 79.9. The maximum atomic E-state index is 5.66. The standard InChI is InChI=1S/C9H12BrN3O/c10-7-5-12-8(13-9(7)11)4-6-2-1-3-14-6/h5-6H,1-4H2,(H2,11,12,13). The normalized spacial score (nSPS) is 21.4. The van der Waals surface area contributed by atoms with Gasteiger partial charge in [0.05, 0.1) is 10.6 Å². The first-order chi connectivity index (χ1) is 6.75. The van der Waals surface area contributed by atoms with E-state index in [4.69, 9.17) is 10.5 Å². The van der Waals surface area contributed by atoms with Crippen molar-refractivity contribution in [2.75, 3.05) is 12.3 Å². The van der Waals surface area contributed by atoms with Gasteiger partial charge in [0.15, 0.2) is 0 Å². The molecule has 76 valence electrons. The molecule has 0 saturated carbocycles. The molecule has 1 aliphatic heterocycles. The zero-order valence-corrected chi connectivity index (χ0v) is 9.33. The van der Waals surface area contributed by atoms with Crippen molar-refractivity contribution in [1.82, 2.24) is 9.97 Å². The molecule has 1 fully saturated rings. The minimum Gasteiger partial charge on any atom is -0.383 e. The summed E-state index contributed by atoms with van der Waals surface area (Å²) in [6, 6.07) is 0. The highest BCUT2D eigenvalue weighted by Gasteiger charge is 2.17. The van der Waals surface area contributed by atoms with Crippen LogP contribution in [0.5, 0.6) is 0 Å². The van der Waals surface area contributed by atoms with Gasteiger partial charge in [-0.05, 0) is 28.8 Å². The van der Waals surface area contributed by atoms with Gasteiger partial charge in [-0.15, -0.1) is 0 Å². The Morgan fingerprint density at radius 3 is 3.14 bits per heavy atom. The first-order valence-electron chi connectivity index (χ1n) is 4.64. The largest absolute Gasteiger partial charge is 0.383 e. The van der Waals surface area contributed by atoms with Gasteiger partial charge in [0, 0.05) is 19.2 Å². The van der Waals surface area contributed by atoms with Crippen LogP contribution in [-0.2, 0) is 11.2 Å². The number of hydrogen-bond donors (Lipinski definition) is 1. The molecule has 0 spiro atoms. The molecule has 1 saturated heterocycles. The molecule has 14 heavy (non-hydrogen) atoms. The van der Waals surface area contributed by atoms with E-state index in [0.717, 1.165) is 36.2 Å². The van der Waals surface area contributed by atoms with Crippen molar-refractivity contribution in [3.63, 3.8) is 0 Å². The Kier molecular flexibility index (Phi) is 2.98. The van der Waals surface area contributed by atoms with E-state index in [9.17, 15) is 0 Å². The lowest BCUT2D eigenvalue weighted by Crippen LogP contribution is -2.12. The first-order valence-corrected chi connectivity index (χ1v) is 5.43. The van der Waals surface area contributed by atoms with Crippen molar-refractivity contribution in [2.24, 2.45) is 0 Å². The van der Waals surface area contributed by atoms with Crippen LogP contribution in [-0.4, -0.2) is 22.7 Å². The van der Waals surface area contributed by atoms with Crippen LogP contribution in [0.4, 0.5) is 5.82 Å². The maximum absolute atomic E-state index is 5.66. The second kappa shape index (κ2) is 4.23. The molecule has 0 aromatic carbocycles. The fraction of sp³-hybridized carbons (Fsp3) is 0.556. The fourth-order valence-corrected chi connectivity index (χ4v) is 1.72. The van der Waals surface area contributed by atoms with Crippen LogP contribution in [0.25, 0.3) is 0 Å². The Balaban J connectivity index is 2.05. The van der Waals surface area contributed by atoms with Crippen LogP contribution in [0.15, 0.2) is 10.7 Å². The number of nitrogen functional groups attached to an aromatic ring is 1. The summed E-state index contributed by atoms with van der Waals surface area (Å²) in [6.45, 7) is 0.858. The molecular formula is C9H12BrN3O. The van der Waals surface area contributed by atoms with Gasteiger partial charge in [0.2, 0.25) is 0 Å². The molecule has 1 unspecified atom stereocenters. The predicted molar refractivity (Wildman–Crippen MR) is 56.8 cm³/mol. The van der Waals surface area contributed by atoms with Gasteiger partial charge in [-0.25, -0.2) is 9.97 Å². The van der Waals surface area contributed by atoms with E-state index >= 15 is 0 Å². The topological polar surface area (TPSA) is 61.0 Å². The third-order valence-corrected chi connectivity index (χ3v) is 2.87. The van der Waals surface area contributed by atoms with Crippen LogP contribution in [0.2, 0.25) is 0 Å². The lowest BCUT2D eigenvalue weighted by Gasteiger charge is -2.08. The highest BCUT2D eigenvalue weighted by molar-refractivity contribution is 9.10. The third-order valence-electron chi connectivity index (χ3n) is 2.26. The zero-order valence-electron chi connectivity index (χ0n) is 7.74. The van der Waals surface area contributed by atoms with Crippen molar-refractivity contribution in [2.45, 2.75) is 25.4 Å². The van der Waals surface area contributed by atoms with E-state index in [1.165, 1.54) is 0 Å². The van der Waals surface area contributed by atoms with Crippen molar-refractivity contribution in [1.29, 1.82) is 0 Å². The molecule has 1 aliphatic rings. The molecule has 1 aromatic heterocycles. The molecule has 2 heterocycles. The summed E-state index contributed by atoms with van der Waals surface area (Å²) in [5, 5.41) is 0. The number of nitrogens with two attached hydrogens (primary N) is 1. The minimum absolute atomic E-state index is 0.274. The number of halogens is 1. The molecule has 1 atom stereocenters. The van der Waals surface area contributed by atoms with Gasteiger partial charge in [-0.2, -0.15) is 0 Å². The first kappa shape index (κ1) is 9.86. The number of hydrogen-bond acceptors (Lipinski definition) is 4. The van der Waals surface area contributed by atoms with Crippen LogP contribution < -0.4 is 5.73 Å². The van der Waals surface area contributed by atoms with Crippen LogP contribution >= 0.6 is 15.9 Å². The summed E-state index contributed by atoms with van der Waals surface area (Å²) < 4.78 is 6.24. The number of rotatable bonds is 2. The van der Waals surface area contributed by atoms with Crippen molar-refractivity contribution < 1.29 is 4.74 Å². The van der Waals surface area contributed by atoms with E-state index in [1.807, 2.05) is 0 Å². The average Bonchev–Trinajstić information content (AvgIpc) is 2.64. The second-order valence-electron chi connectivity index (χ2n) is 3.36. The highest BCUT2D eigenvalue weighted by Crippen LogP contribution is 2.18. The maximum Gasteiger partial charge on any atom is 0.141 e. The Hall–Kier alpha value is -0.680. The van der Waals surface area contributed by atoms with E-state index in [2.05, 4.69) is 25.9 Å².